The summed E-state index contributed by atoms with van der Waals surface area (Å²) >= 11 is 0. The van der Waals surface area contributed by atoms with E-state index in [1.54, 1.807) is 17.8 Å². The molecule has 4 heterocycles. The third-order valence-electron chi connectivity index (χ3n) is 5.75. The van der Waals surface area contributed by atoms with Crippen LogP contribution in [0.5, 0.6) is 5.88 Å². The van der Waals surface area contributed by atoms with Crippen molar-refractivity contribution >= 4 is 22.5 Å². The van der Waals surface area contributed by atoms with Gasteiger partial charge in [-0.05, 0) is 56.9 Å². The zero-order valence-corrected chi connectivity index (χ0v) is 16.5. The van der Waals surface area contributed by atoms with Crippen molar-refractivity contribution < 1.29 is 9.84 Å². The molecule has 0 aromatic carbocycles. The van der Waals surface area contributed by atoms with Gasteiger partial charge in [0.05, 0.1) is 29.4 Å². The van der Waals surface area contributed by atoms with Crippen LogP contribution in [0.4, 0.5) is 5.95 Å². The quantitative estimate of drug-likeness (QED) is 0.492. The Morgan fingerprint density at radius 1 is 1.31 bits per heavy atom. The van der Waals surface area contributed by atoms with Crippen LogP contribution in [0.1, 0.15) is 32.6 Å². The van der Waals surface area contributed by atoms with Crippen LogP contribution >= 0.6 is 0 Å². The number of rotatable bonds is 4. The zero-order valence-electron chi connectivity index (χ0n) is 16.5. The van der Waals surface area contributed by atoms with E-state index in [0.717, 1.165) is 53.5 Å². The van der Waals surface area contributed by atoms with Gasteiger partial charge in [0, 0.05) is 24.0 Å². The van der Waals surface area contributed by atoms with Gasteiger partial charge in [0.1, 0.15) is 5.52 Å². The summed E-state index contributed by atoms with van der Waals surface area (Å²) in [6.45, 7) is 1.90. The second-order valence-electron chi connectivity index (χ2n) is 8.00. The summed E-state index contributed by atoms with van der Waals surface area (Å²) in [6, 6.07) is 8.17. The lowest BCUT2D eigenvalue weighted by Gasteiger charge is -2.33. The molecule has 4 aromatic rings. The summed E-state index contributed by atoms with van der Waals surface area (Å²) in [7, 11) is 1.62. The first-order valence-electron chi connectivity index (χ1n) is 9.89. The van der Waals surface area contributed by atoms with Crippen molar-refractivity contribution in [2.75, 3.05) is 12.4 Å². The van der Waals surface area contributed by atoms with E-state index < -0.39 is 5.60 Å². The van der Waals surface area contributed by atoms with Crippen molar-refractivity contribution in [2.24, 2.45) is 0 Å². The minimum absolute atomic E-state index is 0.243. The largest absolute Gasteiger partial charge is 0.479 e. The van der Waals surface area contributed by atoms with Crippen LogP contribution in [0.15, 0.2) is 36.7 Å². The molecule has 150 valence electrons. The average Bonchev–Trinajstić information content (AvgIpc) is 3.32. The Labute approximate surface area is 167 Å². The maximum Gasteiger partial charge on any atom is 0.244 e. The fraction of sp³-hybridized carbons (Fsp3) is 0.381. The third-order valence-corrected chi connectivity index (χ3v) is 5.75. The molecule has 0 amide bonds. The van der Waals surface area contributed by atoms with Gasteiger partial charge < -0.3 is 20.1 Å². The molecule has 3 N–H and O–H groups in total. The van der Waals surface area contributed by atoms with Gasteiger partial charge >= 0.3 is 0 Å². The number of pyridine rings is 1. The first kappa shape index (κ1) is 17.9. The Balaban J connectivity index is 1.49. The highest BCUT2D eigenvalue weighted by Crippen LogP contribution is 2.33. The van der Waals surface area contributed by atoms with E-state index in [1.165, 1.54) is 0 Å². The summed E-state index contributed by atoms with van der Waals surface area (Å²) in [4.78, 5) is 12.4. The SMILES string of the molecule is COc1nc(NC2CCC(C)(O)CC2)nn2ccc(-c3cc4ncccc4[nH]3)c12. The second kappa shape index (κ2) is 6.73. The number of anilines is 1. The Hall–Kier alpha value is -3.13. The summed E-state index contributed by atoms with van der Waals surface area (Å²) in [5, 5.41) is 18.2. The summed E-state index contributed by atoms with van der Waals surface area (Å²) in [6.07, 6.45) is 7.00. The van der Waals surface area contributed by atoms with Gasteiger partial charge in [0.2, 0.25) is 11.8 Å². The molecule has 0 aliphatic heterocycles. The Morgan fingerprint density at radius 2 is 2.14 bits per heavy atom. The van der Waals surface area contributed by atoms with Crippen LogP contribution in [0.3, 0.4) is 0 Å². The van der Waals surface area contributed by atoms with Crippen LogP contribution in [0.25, 0.3) is 27.8 Å². The molecule has 0 atom stereocenters. The number of fused-ring (bicyclic) bond motifs is 2. The number of methoxy groups -OCH3 is 1. The third kappa shape index (κ3) is 3.29. The molecule has 1 fully saturated rings. The second-order valence-corrected chi connectivity index (χ2v) is 8.00. The number of H-pyrrole nitrogens is 1. The van der Waals surface area contributed by atoms with Crippen molar-refractivity contribution in [2.45, 2.75) is 44.2 Å². The summed E-state index contributed by atoms with van der Waals surface area (Å²) < 4.78 is 7.40. The fourth-order valence-corrected chi connectivity index (χ4v) is 4.08. The van der Waals surface area contributed by atoms with E-state index in [4.69, 9.17) is 4.74 Å². The number of aliphatic hydroxyl groups is 1. The van der Waals surface area contributed by atoms with Gasteiger partial charge in [-0.15, -0.1) is 5.10 Å². The van der Waals surface area contributed by atoms with E-state index >= 15 is 0 Å². The Kier molecular flexibility index (Phi) is 4.16. The van der Waals surface area contributed by atoms with Crippen LogP contribution < -0.4 is 10.1 Å². The van der Waals surface area contributed by atoms with Crippen LogP contribution in [0.2, 0.25) is 0 Å². The minimum atomic E-state index is -0.565. The molecule has 29 heavy (non-hydrogen) atoms. The lowest BCUT2D eigenvalue weighted by atomic mass is 9.84. The van der Waals surface area contributed by atoms with Gasteiger partial charge in [-0.3, -0.25) is 4.98 Å². The normalized spacial score (nSPS) is 22.2. The fourth-order valence-electron chi connectivity index (χ4n) is 4.08. The molecule has 1 aliphatic carbocycles. The van der Waals surface area contributed by atoms with E-state index in [-0.39, 0.29) is 6.04 Å². The smallest absolute Gasteiger partial charge is 0.244 e. The zero-order chi connectivity index (χ0) is 20.0. The molecule has 8 heteroatoms. The number of aromatic amines is 1. The summed E-state index contributed by atoms with van der Waals surface area (Å²) in [5.74, 6) is 1.04. The maximum atomic E-state index is 10.2. The minimum Gasteiger partial charge on any atom is -0.479 e. The van der Waals surface area contributed by atoms with E-state index in [0.29, 0.717) is 11.8 Å². The number of ether oxygens (including phenoxy) is 1. The predicted molar refractivity (Wildman–Crippen MR) is 111 cm³/mol. The molecule has 5 rings (SSSR count). The van der Waals surface area contributed by atoms with Crippen LogP contribution in [0, 0.1) is 0 Å². The molecule has 1 saturated carbocycles. The number of hydrogen-bond donors (Lipinski definition) is 3. The average molecular weight is 392 g/mol. The van der Waals surface area contributed by atoms with Gasteiger partial charge in [0.25, 0.3) is 0 Å². The Morgan fingerprint density at radius 3 is 2.90 bits per heavy atom. The van der Waals surface area contributed by atoms with E-state index in [1.807, 2.05) is 37.4 Å². The molecular weight excluding hydrogens is 368 g/mol. The van der Waals surface area contributed by atoms with Gasteiger partial charge in [-0.1, -0.05) is 0 Å². The van der Waals surface area contributed by atoms with E-state index in [9.17, 15) is 5.11 Å². The van der Waals surface area contributed by atoms with Crippen molar-refractivity contribution in [1.82, 2.24) is 24.6 Å². The molecule has 1 aliphatic rings. The monoisotopic (exact) mass is 392 g/mol. The highest BCUT2D eigenvalue weighted by Gasteiger charge is 2.29. The lowest BCUT2D eigenvalue weighted by molar-refractivity contribution is 0.0195. The van der Waals surface area contributed by atoms with Gasteiger partial charge in [0.15, 0.2) is 0 Å². The van der Waals surface area contributed by atoms with Crippen LogP contribution in [-0.2, 0) is 0 Å². The van der Waals surface area contributed by atoms with Gasteiger partial charge in [-0.25, -0.2) is 4.52 Å². The molecule has 4 aromatic heterocycles. The first-order valence-corrected chi connectivity index (χ1v) is 9.89. The van der Waals surface area contributed by atoms with Crippen molar-refractivity contribution in [3.63, 3.8) is 0 Å². The maximum absolute atomic E-state index is 10.2. The number of hydrogen-bond acceptors (Lipinski definition) is 6. The number of aromatic nitrogens is 5. The van der Waals surface area contributed by atoms with Gasteiger partial charge in [-0.2, -0.15) is 4.98 Å². The standard InChI is InChI=1S/C21H24N6O2/c1-21(28)8-5-13(6-9-21)23-20-25-19(29-2)18-14(7-11-27(18)26-20)16-12-17-15(24-16)4-3-10-22-17/h3-4,7,10-13,24,28H,5-6,8-9H2,1-2H3,(H,23,26). The molecule has 0 bridgehead atoms. The molecule has 8 nitrogen and oxygen atoms in total. The van der Waals surface area contributed by atoms with Crippen molar-refractivity contribution in [3.8, 4) is 17.1 Å². The highest BCUT2D eigenvalue weighted by atomic mass is 16.5. The first-order chi connectivity index (χ1) is 14.0. The highest BCUT2D eigenvalue weighted by molar-refractivity contribution is 5.89. The molecular formula is C21H24N6O2. The molecule has 0 radical (unpaired) electrons. The summed E-state index contributed by atoms with van der Waals surface area (Å²) in [5.41, 5.74) is 4.03. The molecule has 0 spiro atoms. The van der Waals surface area contributed by atoms with Crippen molar-refractivity contribution in [1.29, 1.82) is 0 Å². The Bertz CT molecular complexity index is 1140. The molecule has 0 unspecified atom stereocenters. The number of nitrogens with one attached hydrogen (secondary N) is 2. The molecule has 0 saturated heterocycles. The topological polar surface area (TPSA) is 100 Å². The predicted octanol–water partition coefficient (Wildman–Crippen LogP) is 3.39. The van der Waals surface area contributed by atoms with Crippen molar-refractivity contribution in [3.05, 3.63) is 36.7 Å². The number of nitrogens with zero attached hydrogens (tertiary/aromatic N) is 4. The van der Waals surface area contributed by atoms with Crippen LogP contribution in [-0.4, -0.2) is 48.4 Å². The lowest BCUT2D eigenvalue weighted by Crippen LogP contribution is -2.36. The van der Waals surface area contributed by atoms with E-state index in [2.05, 4.69) is 25.4 Å².